The lowest BCUT2D eigenvalue weighted by Crippen LogP contribution is -1.97. The summed E-state index contributed by atoms with van der Waals surface area (Å²) >= 11 is 1.52. The molecular weight excluding hydrogens is 280 g/mol. The van der Waals surface area contributed by atoms with Gasteiger partial charge in [-0.05, 0) is 25.1 Å². The number of benzene rings is 1. The minimum absolute atomic E-state index is 0.308. The number of thiophene rings is 1. The van der Waals surface area contributed by atoms with E-state index in [0.29, 0.717) is 17.2 Å². The van der Waals surface area contributed by atoms with Gasteiger partial charge in [0.15, 0.2) is 5.82 Å². The SMILES string of the molecule is CNc1nc(-c2cc(F)cc(F)c2)nc2sc(C)cc12. The van der Waals surface area contributed by atoms with Crippen LogP contribution in [-0.2, 0) is 0 Å². The predicted molar refractivity (Wildman–Crippen MR) is 77.1 cm³/mol. The maximum atomic E-state index is 13.3. The highest BCUT2D eigenvalue weighted by Gasteiger charge is 2.12. The maximum Gasteiger partial charge on any atom is 0.163 e. The van der Waals surface area contributed by atoms with Crippen LogP contribution in [0.1, 0.15) is 4.88 Å². The lowest BCUT2D eigenvalue weighted by atomic mass is 10.2. The Morgan fingerprint density at radius 3 is 2.40 bits per heavy atom. The van der Waals surface area contributed by atoms with Gasteiger partial charge in [0, 0.05) is 23.6 Å². The van der Waals surface area contributed by atoms with Crippen LogP contribution in [0.4, 0.5) is 14.6 Å². The van der Waals surface area contributed by atoms with Crippen molar-refractivity contribution in [2.24, 2.45) is 0 Å². The fourth-order valence-electron chi connectivity index (χ4n) is 2.04. The number of anilines is 1. The number of aromatic nitrogens is 2. The van der Waals surface area contributed by atoms with Gasteiger partial charge in [0.25, 0.3) is 0 Å². The summed E-state index contributed by atoms with van der Waals surface area (Å²) in [5.74, 6) is -0.324. The second-order valence-corrected chi connectivity index (χ2v) is 5.61. The standard InChI is InChI=1S/C14H11F2N3S/c1-7-3-11-13(17-2)18-12(19-14(11)20-7)8-4-9(15)6-10(16)5-8/h3-6H,1-2H3,(H,17,18,19). The third-order valence-electron chi connectivity index (χ3n) is 2.87. The van der Waals surface area contributed by atoms with Crippen LogP contribution in [-0.4, -0.2) is 17.0 Å². The molecule has 0 aliphatic rings. The number of fused-ring (bicyclic) bond motifs is 1. The Morgan fingerprint density at radius 2 is 1.75 bits per heavy atom. The highest BCUT2D eigenvalue weighted by atomic mass is 32.1. The van der Waals surface area contributed by atoms with Crippen molar-refractivity contribution in [2.45, 2.75) is 6.92 Å². The highest BCUT2D eigenvalue weighted by molar-refractivity contribution is 7.18. The Bertz CT molecular complexity index is 778. The van der Waals surface area contributed by atoms with Crippen molar-refractivity contribution in [3.8, 4) is 11.4 Å². The van der Waals surface area contributed by atoms with E-state index in [1.807, 2.05) is 13.0 Å². The number of nitrogens with one attached hydrogen (secondary N) is 1. The molecule has 0 bridgehead atoms. The highest BCUT2D eigenvalue weighted by Crippen LogP contribution is 2.31. The number of hydrogen-bond donors (Lipinski definition) is 1. The van der Waals surface area contributed by atoms with E-state index in [0.717, 1.165) is 21.2 Å². The lowest BCUT2D eigenvalue weighted by molar-refractivity contribution is 0.584. The molecule has 0 aliphatic carbocycles. The van der Waals surface area contributed by atoms with Gasteiger partial charge in [0.05, 0.1) is 5.39 Å². The summed E-state index contributed by atoms with van der Waals surface area (Å²) in [6.07, 6.45) is 0. The Balaban J connectivity index is 2.25. The summed E-state index contributed by atoms with van der Waals surface area (Å²) in [7, 11) is 1.75. The van der Waals surface area contributed by atoms with Gasteiger partial charge in [-0.15, -0.1) is 11.3 Å². The zero-order valence-electron chi connectivity index (χ0n) is 10.9. The van der Waals surface area contributed by atoms with Crippen LogP contribution in [0, 0.1) is 18.6 Å². The molecule has 0 saturated carbocycles. The zero-order valence-corrected chi connectivity index (χ0v) is 11.7. The monoisotopic (exact) mass is 291 g/mol. The molecule has 0 atom stereocenters. The predicted octanol–water partition coefficient (Wildman–Crippen LogP) is 3.99. The van der Waals surface area contributed by atoms with Gasteiger partial charge in [-0.1, -0.05) is 0 Å². The topological polar surface area (TPSA) is 37.8 Å². The van der Waals surface area contributed by atoms with E-state index >= 15 is 0 Å². The second kappa shape index (κ2) is 4.79. The van der Waals surface area contributed by atoms with Gasteiger partial charge in [0.2, 0.25) is 0 Å². The Morgan fingerprint density at radius 1 is 1.05 bits per heavy atom. The van der Waals surface area contributed by atoms with E-state index in [9.17, 15) is 8.78 Å². The van der Waals surface area contributed by atoms with Crippen LogP contribution in [0.15, 0.2) is 24.3 Å². The second-order valence-electron chi connectivity index (χ2n) is 4.38. The van der Waals surface area contributed by atoms with E-state index in [-0.39, 0.29) is 0 Å². The smallest absolute Gasteiger partial charge is 0.163 e. The number of hydrogen-bond acceptors (Lipinski definition) is 4. The molecule has 0 aliphatic heterocycles. The molecular formula is C14H11F2N3S. The quantitative estimate of drug-likeness (QED) is 0.776. The molecule has 3 rings (SSSR count). The molecule has 0 fully saturated rings. The number of nitrogens with zero attached hydrogens (tertiary/aromatic N) is 2. The van der Waals surface area contributed by atoms with Crippen molar-refractivity contribution in [3.63, 3.8) is 0 Å². The fourth-order valence-corrected chi connectivity index (χ4v) is 2.92. The van der Waals surface area contributed by atoms with E-state index in [1.54, 1.807) is 7.05 Å². The molecule has 102 valence electrons. The van der Waals surface area contributed by atoms with Crippen LogP contribution in [0.5, 0.6) is 0 Å². The molecule has 20 heavy (non-hydrogen) atoms. The van der Waals surface area contributed by atoms with E-state index in [4.69, 9.17) is 0 Å². The minimum Gasteiger partial charge on any atom is -0.372 e. The Hall–Kier alpha value is -2.08. The molecule has 0 unspecified atom stereocenters. The maximum absolute atomic E-state index is 13.3. The Labute approximate surface area is 118 Å². The van der Waals surface area contributed by atoms with E-state index < -0.39 is 11.6 Å². The van der Waals surface area contributed by atoms with Gasteiger partial charge in [-0.25, -0.2) is 18.7 Å². The average molecular weight is 291 g/mol. The summed E-state index contributed by atoms with van der Waals surface area (Å²) in [5, 5.41) is 3.90. The van der Waals surface area contributed by atoms with E-state index in [2.05, 4.69) is 15.3 Å². The van der Waals surface area contributed by atoms with Gasteiger partial charge in [0.1, 0.15) is 22.3 Å². The first-order valence-electron chi connectivity index (χ1n) is 5.99. The number of aryl methyl sites for hydroxylation is 1. The van der Waals surface area contributed by atoms with Crippen LogP contribution in [0.25, 0.3) is 21.6 Å². The number of rotatable bonds is 2. The zero-order chi connectivity index (χ0) is 14.3. The molecule has 0 spiro atoms. The average Bonchev–Trinajstić information content (AvgIpc) is 2.76. The first-order chi connectivity index (χ1) is 9.56. The van der Waals surface area contributed by atoms with Crippen molar-refractivity contribution >= 4 is 27.4 Å². The third kappa shape index (κ3) is 2.22. The fraction of sp³-hybridized carbons (Fsp3) is 0.143. The summed E-state index contributed by atoms with van der Waals surface area (Å²) in [4.78, 5) is 10.6. The van der Waals surface area contributed by atoms with Crippen molar-refractivity contribution in [2.75, 3.05) is 12.4 Å². The number of halogens is 2. The third-order valence-corrected chi connectivity index (χ3v) is 3.82. The van der Waals surface area contributed by atoms with Crippen LogP contribution >= 0.6 is 11.3 Å². The molecule has 1 aromatic carbocycles. The molecule has 3 nitrogen and oxygen atoms in total. The van der Waals surface area contributed by atoms with Crippen LogP contribution in [0.3, 0.4) is 0 Å². The summed E-state index contributed by atoms with van der Waals surface area (Å²) in [6, 6.07) is 5.27. The largest absolute Gasteiger partial charge is 0.372 e. The van der Waals surface area contributed by atoms with Gasteiger partial charge >= 0.3 is 0 Å². The van der Waals surface area contributed by atoms with Crippen molar-refractivity contribution in [1.82, 2.24) is 9.97 Å². The first kappa shape index (κ1) is 12.9. The van der Waals surface area contributed by atoms with Gasteiger partial charge in [-0.3, -0.25) is 0 Å². The van der Waals surface area contributed by atoms with Crippen LogP contribution < -0.4 is 5.32 Å². The van der Waals surface area contributed by atoms with Gasteiger partial charge < -0.3 is 5.32 Å². The molecule has 6 heteroatoms. The normalized spacial score (nSPS) is 11.0. The first-order valence-corrected chi connectivity index (χ1v) is 6.81. The van der Waals surface area contributed by atoms with E-state index in [1.165, 1.54) is 23.5 Å². The molecule has 2 aromatic heterocycles. The molecule has 1 N–H and O–H groups in total. The summed E-state index contributed by atoms with van der Waals surface area (Å²) in [6.45, 7) is 1.98. The van der Waals surface area contributed by atoms with Crippen LogP contribution in [0.2, 0.25) is 0 Å². The molecule has 0 radical (unpaired) electrons. The lowest BCUT2D eigenvalue weighted by Gasteiger charge is -2.05. The molecule has 0 saturated heterocycles. The molecule has 3 aromatic rings. The summed E-state index contributed by atoms with van der Waals surface area (Å²) in [5.41, 5.74) is 0.326. The molecule has 0 amide bonds. The molecule has 2 heterocycles. The summed E-state index contributed by atoms with van der Waals surface area (Å²) < 4.78 is 26.6. The van der Waals surface area contributed by atoms with Crippen molar-refractivity contribution < 1.29 is 8.78 Å². The van der Waals surface area contributed by atoms with Crippen molar-refractivity contribution in [1.29, 1.82) is 0 Å². The minimum atomic E-state index is -0.642. The van der Waals surface area contributed by atoms with Crippen molar-refractivity contribution in [3.05, 3.63) is 40.8 Å². The Kier molecular flexibility index (Phi) is 3.10. The van der Waals surface area contributed by atoms with Gasteiger partial charge in [-0.2, -0.15) is 0 Å².